The first kappa shape index (κ1) is 18.4. The fourth-order valence-corrected chi connectivity index (χ4v) is 2.56. The summed E-state index contributed by atoms with van der Waals surface area (Å²) in [5, 5.41) is 10.8. The van der Waals surface area contributed by atoms with Crippen LogP contribution in [0.1, 0.15) is 22.8 Å². The highest BCUT2D eigenvalue weighted by Crippen LogP contribution is 2.31. The number of hydrogen-bond donors (Lipinski definition) is 0. The molecule has 0 atom stereocenters. The van der Waals surface area contributed by atoms with E-state index in [-0.39, 0.29) is 22.6 Å². The Morgan fingerprint density at radius 3 is 2.36 bits per heavy atom. The van der Waals surface area contributed by atoms with Gasteiger partial charge in [-0.25, -0.2) is 4.79 Å². The minimum atomic E-state index is -1.28. The summed E-state index contributed by atoms with van der Waals surface area (Å²) in [5.41, 5.74) is 1.48. The number of esters is 1. The number of benzene rings is 1. The first-order valence-electron chi connectivity index (χ1n) is 7.54. The number of amides is 1. The smallest absolute Gasteiger partial charge is 0.340 e. The molecule has 1 heterocycles. The predicted molar refractivity (Wildman–Crippen MR) is 87.1 cm³/mol. The second-order valence-electron chi connectivity index (χ2n) is 5.37. The minimum Gasteiger partial charge on any atom is -0.545 e. The topological polar surface area (TPSA) is 96.0 Å². The second kappa shape index (κ2) is 7.76. The van der Waals surface area contributed by atoms with Gasteiger partial charge >= 0.3 is 5.97 Å². The van der Waals surface area contributed by atoms with E-state index in [4.69, 9.17) is 9.47 Å². The molecule has 0 bridgehead atoms. The molecule has 0 fully saturated rings. The van der Waals surface area contributed by atoms with E-state index in [1.54, 1.807) is 6.92 Å². The van der Waals surface area contributed by atoms with Gasteiger partial charge in [-0.05, 0) is 24.1 Å². The lowest BCUT2D eigenvalue weighted by molar-refractivity contribution is -0.255. The van der Waals surface area contributed by atoms with Crippen LogP contribution in [0.15, 0.2) is 41.1 Å². The molecule has 0 spiro atoms. The largest absolute Gasteiger partial charge is 0.545 e. The van der Waals surface area contributed by atoms with Crippen LogP contribution in [-0.4, -0.2) is 50.1 Å². The van der Waals surface area contributed by atoms with Crippen molar-refractivity contribution in [3.05, 3.63) is 52.2 Å². The van der Waals surface area contributed by atoms with Gasteiger partial charge in [0.2, 0.25) is 0 Å². The van der Waals surface area contributed by atoms with E-state index in [0.29, 0.717) is 24.4 Å². The summed E-state index contributed by atoms with van der Waals surface area (Å²) in [4.78, 5) is 37.1. The molecule has 0 aromatic heterocycles. The monoisotopic (exact) mass is 344 g/mol. The Morgan fingerprint density at radius 2 is 1.84 bits per heavy atom. The molecule has 0 aliphatic carbocycles. The summed E-state index contributed by atoms with van der Waals surface area (Å²) in [5.74, 6) is -2.23. The molecule has 132 valence electrons. The van der Waals surface area contributed by atoms with E-state index in [1.807, 2.05) is 0 Å². The van der Waals surface area contributed by atoms with Gasteiger partial charge in [-0.2, -0.15) is 0 Å². The summed E-state index contributed by atoms with van der Waals surface area (Å²) in [6.45, 7) is 2.30. The SMILES string of the molecule is COCCN1C(=O)/C(=C\c2ccc(C(=O)[O-])cc2)C(C(=O)OC)=C1C. The van der Waals surface area contributed by atoms with Gasteiger partial charge < -0.3 is 24.3 Å². The second-order valence-corrected chi connectivity index (χ2v) is 5.37. The molecule has 25 heavy (non-hydrogen) atoms. The average Bonchev–Trinajstić information content (AvgIpc) is 2.83. The number of carbonyl (C=O) groups excluding carboxylic acids is 3. The maximum absolute atomic E-state index is 12.7. The lowest BCUT2D eigenvalue weighted by Crippen LogP contribution is -2.28. The Hall–Kier alpha value is -2.93. The molecule has 0 radical (unpaired) electrons. The first-order valence-corrected chi connectivity index (χ1v) is 7.54. The van der Waals surface area contributed by atoms with Crippen LogP contribution >= 0.6 is 0 Å². The first-order chi connectivity index (χ1) is 11.9. The fourth-order valence-electron chi connectivity index (χ4n) is 2.56. The highest BCUT2D eigenvalue weighted by atomic mass is 16.5. The van der Waals surface area contributed by atoms with Gasteiger partial charge in [0.05, 0.1) is 30.8 Å². The summed E-state index contributed by atoms with van der Waals surface area (Å²) in [6, 6.07) is 5.82. The van der Waals surface area contributed by atoms with Crippen LogP contribution in [0.3, 0.4) is 0 Å². The predicted octanol–water partition coefficient (Wildman–Crippen LogP) is 0.369. The number of allylic oxidation sites excluding steroid dienone is 1. The number of nitrogens with zero attached hydrogens (tertiary/aromatic N) is 1. The van der Waals surface area contributed by atoms with E-state index in [2.05, 4.69) is 0 Å². The van der Waals surface area contributed by atoms with Gasteiger partial charge in [0.15, 0.2) is 0 Å². The van der Waals surface area contributed by atoms with Crippen LogP contribution in [0.5, 0.6) is 0 Å². The van der Waals surface area contributed by atoms with E-state index >= 15 is 0 Å². The summed E-state index contributed by atoms with van der Waals surface area (Å²) < 4.78 is 9.79. The highest BCUT2D eigenvalue weighted by Gasteiger charge is 2.36. The zero-order chi connectivity index (χ0) is 18.6. The Bertz CT molecular complexity index is 760. The zero-order valence-electron chi connectivity index (χ0n) is 14.2. The van der Waals surface area contributed by atoms with Crippen molar-refractivity contribution in [2.45, 2.75) is 6.92 Å². The number of carbonyl (C=O) groups is 3. The molecule has 7 heteroatoms. The zero-order valence-corrected chi connectivity index (χ0v) is 14.2. The molecular formula is C18H18NO6-. The molecule has 0 saturated carbocycles. The summed E-state index contributed by atoms with van der Waals surface area (Å²) in [7, 11) is 2.77. The van der Waals surface area contributed by atoms with Crippen molar-refractivity contribution >= 4 is 23.9 Å². The number of carboxylic acid groups (broad SMARTS) is 1. The van der Waals surface area contributed by atoms with Crippen molar-refractivity contribution in [3.63, 3.8) is 0 Å². The third-order valence-electron chi connectivity index (χ3n) is 3.88. The number of aromatic carboxylic acids is 1. The minimum absolute atomic E-state index is 0.0292. The lowest BCUT2D eigenvalue weighted by atomic mass is 10.0. The third kappa shape index (κ3) is 3.77. The van der Waals surface area contributed by atoms with Crippen LogP contribution in [0.4, 0.5) is 0 Å². The molecule has 2 rings (SSSR count). The van der Waals surface area contributed by atoms with Gasteiger partial charge in [-0.3, -0.25) is 4.79 Å². The van der Waals surface area contributed by atoms with Crippen molar-refractivity contribution in [2.75, 3.05) is 27.4 Å². The standard InChI is InChI=1S/C18H19NO6/c1-11-15(18(23)25-3)14(16(20)19(11)8-9-24-2)10-12-4-6-13(7-5-12)17(21)22/h4-7,10H,8-9H2,1-3H3,(H,21,22)/p-1/b14-10-. The maximum Gasteiger partial charge on any atom is 0.340 e. The maximum atomic E-state index is 12.7. The number of methoxy groups -OCH3 is 2. The van der Waals surface area contributed by atoms with Crippen molar-refractivity contribution in [2.24, 2.45) is 0 Å². The Labute approximate surface area is 145 Å². The average molecular weight is 344 g/mol. The van der Waals surface area contributed by atoms with Crippen molar-refractivity contribution in [3.8, 4) is 0 Å². The quantitative estimate of drug-likeness (QED) is 0.546. The lowest BCUT2D eigenvalue weighted by Gasteiger charge is -2.16. The van der Waals surface area contributed by atoms with Gasteiger partial charge in [0.1, 0.15) is 0 Å². The third-order valence-corrected chi connectivity index (χ3v) is 3.88. The van der Waals surface area contributed by atoms with E-state index in [1.165, 1.54) is 49.5 Å². The van der Waals surface area contributed by atoms with E-state index in [9.17, 15) is 19.5 Å². The number of ether oxygens (including phenoxy) is 2. The molecular weight excluding hydrogens is 326 g/mol. The van der Waals surface area contributed by atoms with Crippen molar-refractivity contribution in [1.82, 2.24) is 4.90 Å². The van der Waals surface area contributed by atoms with Crippen LogP contribution < -0.4 is 5.11 Å². The van der Waals surface area contributed by atoms with Gasteiger partial charge in [-0.15, -0.1) is 0 Å². The molecule has 0 unspecified atom stereocenters. The Morgan fingerprint density at radius 1 is 1.20 bits per heavy atom. The molecule has 1 aliphatic heterocycles. The molecule has 0 saturated heterocycles. The fraction of sp³-hybridized carbons (Fsp3) is 0.278. The van der Waals surface area contributed by atoms with Crippen molar-refractivity contribution in [1.29, 1.82) is 0 Å². The number of rotatable bonds is 6. The molecule has 1 aliphatic rings. The molecule has 7 nitrogen and oxygen atoms in total. The molecule has 1 aromatic carbocycles. The summed E-state index contributed by atoms with van der Waals surface area (Å²) in [6.07, 6.45) is 1.53. The van der Waals surface area contributed by atoms with Crippen LogP contribution in [0.2, 0.25) is 0 Å². The Kier molecular flexibility index (Phi) is 5.71. The van der Waals surface area contributed by atoms with E-state index < -0.39 is 11.9 Å². The van der Waals surface area contributed by atoms with Gasteiger partial charge in [0, 0.05) is 19.4 Å². The van der Waals surface area contributed by atoms with Crippen molar-refractivity contribution < 1.29 is 29.0 Å². The van der Waals surface area contributed by atoms with Gasteiger partial charge in [0.25, 0.3) is 5.91 Å². The molecule has 1 aromatic rings. The summed E-state index contributed by atoms with van der Waals surface area (Å²) >= 11 is 0. The number of hydrogen-bond acceptors (Lipinski definition) is 6. The van der Waals surface area contributed by atoms with Gasteiger partial charge in [-0.1, -0.05) is 24.3 Å². The van der Waals surface area contributed by atoms with E-state index in [0.717, 1.165) is 0 Å². The van der Waals surface area contributed by atoms with Crippen LogP contribution in [-0.2, 0) is 19.1 Å². The molecule has 0 N–H and O–H groups in total. The Balaban J connectivity index is 2.44. The normalized spacial score (nSPS) is 15.9. The van der Waals surface area contributed by atoms with Crippen LogP contribution in [0.25, 0.3) is 6.08 Å². The highest BCUT2D eigenvalue weighted by molar-refractivity contribution is 6.16. The number of carboxylic acids is 1. The van der Waals surface area contributed by atoms with Crippen LogP contribution in [0, 0.1) is 0 Å². The molecule has 1 amide bonds.